The Morgan fingerprint density at radius 1 is 1.13 bits per heavy atom. The molecule has 0 spiro atoms. The second-order valence-electron chi connectivity index (χ2n) is 6.60. The Hall–Kier alpha value is -3.36. The third-order valence-electron chi connectivity index (χ3n) is 4.67. The van der Waals surface area contributed by atoms with Crippen LogP contribution in [0.3, 0.4) is 0 Å². The van der Waals surface area contributed by atoms with Crippen molar-refractivity contribution in [1.82, 2.24) is 4.90 Å². The minimum absolute atomic E-state index is 0.00782. The van der Waals surface area contributed by atoms with E-state index in [-0.39, 0.29) is 11.7 Å². The number of aliphatic imine (C=N–C) groups is 1. The molecule has 2 N–H and O–H groups in total. The lowest BCUT2D eigenvalue weighted by Gasteiger charge is -2.26. The van der Waals surface area contributed by atoms with Crippen LogP contribution in [0.1, 0.15) is 23.1 Å². The van der Waals surface area contributed by atoms with E-state index in [1.54, 1.807) is 24.3 Å². The molecule has 1 amide bonds. The Bertz CT molecular complexity index is 976. The van der Waals surface area contributed by atoms with Gasteiger partial charge in [0.2, 0.25) is 6.43 Å². The van der Waals surface area contributed by atoms with Crippen LogP contribution in [0.15, 0.2) is 59.6 Å². The smallest absolute Gasteiger partial charge is 0.387 e. The number of likely N-dealkylation sites (N-methyl/N-ethyl adjacent to an activating group) is 1. The molecule has 0 saturated carbocycles. The molecule has 1 atom stereocenters. The highest BCUT2D eigenvalue weighted by molar-refractivity contribution is 6.09. The highest BCUT2D eigenvalue weighted by Gasteiger charge is 2.49. The number of ether oxygens (including phenoxy) is 1. The van der Waals surface area contributed by atoms with E-state index < -0.39 is 30.9 Å². The van der Waals surface area contributed by atoms with Crippen LogP contribution in [0.4, 0.5) is 17.6 Å². The summed E-state index contributed by atoms with van der Waals surface area (Å²) in [7, 11) is 1.48. The molecule has 2 aromatic rings. The molecule has 0 aliphatic carbocycles. The number of amides is 1. The summed E-state index contributed by atoms with van der Waals surface area (Å²) in [6.07, 6.45) is 0.0132. The molecule has 0 bridgehead atoms. The predicted molar refractivity (Wildman–Crippen MR) is 104 cm³/mol. The molecular formula is C21H19F4N3O2. The van der Waals surface area contributed by atoms with Crippen molar-refractivity contribution in [3.8, 4) is 5.75 Å². The van der Waals surface area contributed by atoms with Gasteiger partial charge in [-0.2, -0.15) is 8.78 Å². The Labute approximate surface area is 170 Å². The molecule has 0 unspecified atom stereocenters. The van der Waals surface area contributed by atoms with Crippen molar-refractivity contribution in [1.29, 1.82) is 0 Å². The fourth-order valence-electron chi connectivity index (χ4n) is 3.24. The predicted octanol–water partition coefficient (Wildman–Crippen LogP) is 3.99. The number of allylic oxidation sites excluding steroid dienone is 1. The first-order valence-corrected chi connectivity index (χ1v) is 8.98. The van der Waals surface area contributed by atoms with Crippen molar-refractivity contribution in [2.24, 2.45) is 10.7 Å². The molecule has 1 aliphatic rings. The minimum Gasteiger partial charge on any atom is -0.435 e. The number of carbonyl (C=O) groups is 1. The lowest BCUT2D eigenvalue weighted by atomic mass is 9.82. The topological polar surface area (TPSA) is 67.9 Å². The van der Waals surface area contributed by atoms with Crippen molar-refractivity contribution in [3.63, 3.8) is 0 Å². The monoisotopic (exact) mass is 421 g/mol. The number of benzene rings is 2. The zero-order chi connectivity index (χ0) is 21.9. The Kier molecular flexibility index (Phi) is 6.09. The van der Waals surface area contributed by atoms with E-state index in [1.807, 2.05) is 0 Å². The van der Waals surface area contributed by atoms with Gasteiger partial charge in [-0.1, -0.05) is 42.5 Å². The van der Waals surface area contributed by atoms with Gasteiger partial charge in [-0.25, -0.2) is 13.8 Å². The molecule has 30 heavy (non-hydrogen) atoms. The second-order valence-corrected chi connectivity index (χ2v) is 6.60. The number of hydrogen-bond donors (Lipinski definition) is 1. The van der Waals surface area contributed by atoms with Gasteiger partial charge in [-0.3, -0.25) is 9.69 Å². The molecule has 0 radical (unpaired) electrons. The summed E-state index contributed by atoms with van der Waals surface area (Å²) in [5.41, 5.74) is 5.82. The lowest BCUT2D eigenvalue weighted by Crippen LogP contribution is -2.41. The van der Waals surface area contributed by atoms with Gasteiger partial charge in [0.15, 0.2) is 11.5 Å². The maximum absolute atomic E-state index is 13.2. The molecule has 2 aromatic carbocycles. The molecule has 1 aliphatic heterocycles. The number of halogens is 4. The fourth-order valence-corrected chi connectivity index (χ4v) is 3.24. The van der Waals surface area contributed by atoms with Gasteiger partial charge in [0, 0.05) is 13.5 Å². The summed E-state index contributed by atoms with van der Waals surface area (Å²) in [5, 5.41) is 0. The summed E-state index contributed by atoms with van der Waals surface area (Å²) < 4.78 is 54.1. The van der Waals surface area contributed by atoms with Gasteiger partial charge in [-0.05, 0) is 34.9 Å². The first-order chi connectivity index (χ1) is 14.2. The van der Waals surface area contributed by atoms with E-state index in [9.17, 15) is 22.4 Å². The zero-order valence-electron chi connectivity index (χ0n) is 15.9. The van der Waals surface area contributed by atoms with Gasteiger partial charge in [0.25, 0.3) is 5.91 Å². The van der Waals surface area contributed by atoms with E-state index in [0.717, 1.165) is 0 Å². The molecule has 0 fully saturated rings. The molecule has 1 heterocycles. The summed E-state index contributed by atoms with van der Waals surface area (Å²) in [6, 6.07) is 12.2. The van der Waals surface area contributed by atoms with Gasteiger partial charge in [0.05, 0.1) is 0 Å². The third-order valence-corrected chi connectivity index (χ3v) is 4.67. The highest BCUT2D eigenvalue weighted by Crippen LogP contribution is 2.40. The Morgan fingerprint density at radius 2 is 1.83 bits per heavy atom. The van der Waals surface area contributed by atoms with Gasteiger partial charge >= 0.3 is 6.61 Å². The van der Waals surface area contributed by atoms with Crippen molar-refractivity contribution in [2.75, 3.05) is 7.05 Å². The summed E-state index contributed by atoms with van der Waals surface area (Å²) in [4.78, 5) is 18.8. The van der Waals surface area contributed by atoms with Crippen LogP contribution >= 0.6 is 0 Å². The van der Waals surface area contributed by atoms with Crippen molar-refractivity contribution >= 4 is 17.9 Å². The van der Waals surface area contributed by atoms with Crippen LogP contribution in [-0.2, 0) is 10.3 Å². The lowest BCUT2D eigenvalue weighted by molar-refractivity contribution is -0.129. The number of hydrogen-bond acceptors (Lipinski definition) is 4. The second kappa shape index (κ2) is 8.56. The first kappa shape index (κ1) is 21.4. The fraction of sp³-hybridized carbons (Fsp3) is 0.238. The van der Waals surface area contributed by atoms with Crippen molar-refractivity contribution < 1.29 is 27.1 Å². The normalized spacial score (nSPS) is 19.2. The number of carbonyl (C=O) groups excluding carboxylic acids is 1. The van der Waals surface area contributed by atoms with Crippen LogP contribution in [0, 0.1) is 0 Å². The number of rotatable bonds is 7. The zero-order valence-corrected chi connectivity index (χ0v) is 15.9. The van der Waals surface area contributed by atoms with Crippen LogP contribution in [0.25, 0.3) is 6.08 Å². The first-order valence-electron chi connectivity index (χ1n) is 8.98. The molecule has 0 saturated heterocycles. The largest absolute Gasteiger partial charge is 0.435 e. The molecule has 158 valence electrons. The highest BCUT2D eigenvalue weighted by atomic mass is 19.3. The average Bonchev–Trinajstić information content (AvgIpc) is 2.93. The Morgan fingerprint density at radius 3 is 2.40 bits per heavy atom. The summed E-state index contributed by atoms with van der Waals surface area (Å²) in [6.45, 7) is -2.98. The van der Waals surface area contributed by atoms with Gasteiger partial charge in [0.1, 0.15) is 5.75 Å². The van der Waals surface area contributed by atoms with E-state index in [1.165, 1.54) is 48.4 Å². The quantitative estimate of drug-likeness (QED) is 0.688. The van der Waals surface area contributed by atoms with E-state index in [4.69, 9.17) is 5.73 Å². The summed E-state index contributed by atoms with van der Waals surface area (Å²) in [5.74, 6) is -0.508. The minimum atomic E-state index is -2.98. The van der Waals surface area contributed by atoms with Crippen molar-refractivity contribution in [3.05, 3.63) is 71.3 Å². The van der Waals surface area contributed by atoms with Crippen LogP contribution in [0.2, 0.25) is 0 Å². The number of guanidine groups is 1. The van der Waals surface area contributed by atoms with Crippen LogP contribution in [-0.4, -0.2) is 36.9 Å². The van der Waals surface area contributed by atoms with Gasteiger partial charge in [-0.15, -0.1) is 0 Å². The molecule has 5 nitrogen and oxygen atoms in total. The third kappa shape index (κ3) is 4.14. The maximum Gasteiger partial charge on any atom is 0.387 e. The number of nitrogens with two attached hydrogens (primary N) is 1. The molecule has 0 aromatic heterocycles. The SMILES string of the molecule is CN1C(=O)[C@@](c2ccc(OC(F)F)cc2)(c2cccc(/C=C/CC(F)F)c2)N=C1N. The average molecular weight is 421 g/mol. The van der Waals surface area contributed by atoms with E-state index >= 15 is 0 Å². The van der Waals surface area contributed by atoms with Crippen LogP contribution in [0.5, 0.6) is 5.75 Å². The van der Waals surface area contributed by atoms with Crippen LogP contribution < -0.4 is 10.5 Å². The number of nitrogens with zero attached hydrogens (tertiary/aromatic N) is 2. The molecule has 9 heteroatoms. The van der Waals surface area contributed by atoms with Gasteiger partial charge < -0.3 is 10.5 Å². The molecular weight excluding hydrogens is 402 g/mol. The van der Waals surface area contributed by atoms with Crippen molar-refractivity contribution in [2.45, 2.75) is 25.0 Å². The number of alkyl halides is 4. The van der Waals surface area contributed by atoms with E-state index in [2.05, 4.69) is 9.73 Å². The standard InChI is InChI=1S/C21H19F4N3O2/c1-28-18(29)21(27-20(28)26,14-8-10-16(11-9-14)30-19(24)25)15-6-2-4-13(12-15)5-3-7-17(22)23/h2-6,8-12,17,19H,7H2,1H3,(H2,26,27)/b5-3+/t21-/m1/s1. The van der Waals surface area contributed by atoms with E-state index in [0.29, 0.717) is 16.7 Å². The summed E-state index contributed by atoms with van der Waals surface area (Å²) >= 11 is 0. The Balaban J connectivity index is 2.07. The maximum atomic E-state index is 13.2. The molecule has 3 rings (SSSR count).